The summed E-state index contributed by atoms with van der Waals surface area (Å²) in [6, 6.07) is 20.7. The average Bonchev–Trinajstić information content (AvgIpc) is 3.30. The largest absolute Gasteiger partial charge is 0.463 e. The molecule has 0 saturated carbocycles. The summed E-state index contributed by atoms with van der Waals surface area (Å²) in [5.74, 6) is 0.782. The molecule has 2 heterocycles. The molecule has 0 unspecified atom stereocenters. The average molecular weight is 467 g/mol. The van der Waals surface area contributed by atoms with Crippen LogP contribution in [0.25, 0.3) is 33.8 Å². The Kier molecular flexibility index (Phi) is 3.84. The van der Waals surface area contributed by atoms with Crippen LogP contribution in [0.15, 0.2) is 80.3 Å². The number of nitrogens with zero attached hydrogens (tertiary/aromatic N) is 1. The van der Waals surface area contributed by atoms with E-state index in [1.54, 1.807) is 6.26 Å². The maximum atomic E-state index is 5.63. The van der Waals surface area contributed by atoms with E-state index in [-0.39, 0.29) is 0 Å². The van der Waals surface area contributed by atoms with Gasteiger partial charge in [0, 0.05) is 20.9 Å². The molecule has 4 heteroatoms. The van der Waals surface area contributed by atoms with Crippen LogP contribution in [-0.2, 0) is 6.42 Å². The van der Waals surface area contributed by atoms with Crippen molar-refractivity contribution >= 4 is 31.9 Å². The van der Waals surface area contributed by atoms with E-state index in [2.05, 4.69) is 74.3 Å². The molecule has 0 spiro atoms. The number of halogens is 2. The smallest absolute Gasteiger partial charge is 0.152 e. The fourth-order valence-corrected chi connectivity index (χ4v) is 4.39. The highest BCUT2D eigenvalue weighted by molar-refractivity contribution is 9.11. The molecule has 26 heavy (non-hydrogen) atoms. The fourth-order valence-electron chi connectivity index (χ4n) is 3.56. The number of furan rings is 1. The first kappa shape index (κ1) is 16.0. The molecule has 0 radical (unpaired) electrons. The number of hydrogen-bond donors (Lipinski definition) is 0. The highest BCUT2D eigenvalue weighted by Gasteiger charge is 2.25. The number of pyridine rings is 1. The van der Waals surface area contributed by atoms with Crippen molar-refractivity contribution in [1.29, 1.82) is 0 Å². The van der Waals surface area contributed by atoms with Gasteiger partial charge in [-0.1, -0.05) is 56.1 Å². The Morgan fingerprint density at radius 1 is 0.846 bits per heavy atom. The van der Waals surface area contributed by atoms with E-state index in [1.807, 2.05) is 18.2 Å². The van der Waals surface area contributed by atoms with Gasteiger partial charge < -0.3 is 4.42 Å². The molecule has 126 valence electrons. The van der Waals surface area contributed by atoms with E-state index in [1.165, 1.54) is 22.3 Å². The number of fused-ring (bicyclic) bond motifs is 3. The number of benzene rings is 2. The van der Waals surface area contributed by atoms with Crippen molar-refractivity contribution in [2.75, 3.05) is 0 Å². The molecule has 4 aromatic rings. The molecule has 0 aliphatic heterocycles. The Morgan fingerprint density at radius 2 is 1.73 bits per heavy atom. The summed E-state index contributed by atoms with van der Waals surface area (Å²) in [7, 11) is 0. The van der Waals surface area contributed by atoms with Crippen LogP contribution >= 0.6 is 31.9 Å². The minimum absolute atomic E-state index is 0.782. The molecular weight excluding hydrogens is 454 g/mol. The Morgan fingerprint density at radius 3 is 2.58 bits per heavy atom. The monoisotopic (exact) mass is 465 g/mol. The first-order valence-corrected chi connectivity index (χ1v) is 9.91. The Hall–Kier alpha value is -2.17. The molecule has 2 nitrogen and oxygen atoms in total. The molecule has 0 saturated heterocycles. The molecular formula is C22H13Br2NO. The second-order valence-corrected chi connectivity index (χ2v) is 8.09. The minimum Gasteiger partial charge on any atom is -0.463 e. The van der Waals surface area contributed by atoms with Crippen molar-refractivity contribution in [3.63, 3.8) is 0 Å². The Bertz CT molecular complexity index is 1130. The van der Waals surface area contributed by atoms with Crippen molar-refractivity contribution < 1.29 is 4.42 Å². The minimum atomic E-state index is 0.782. The van der Waals surface area contributed by atoms with E-state index >= 15 is 0 Å². The van der Waals surface area contributed by atoms with E-state index in [4.69, 9.17) is 9.40 Å². The molecule has 0 bridgehead atoms. The summed E-state index contributed by atoms with van der Waals surface area (Å²) in [6.45, 7) is 0. The van der Waals surface area contributed by atoms with Gasteiger partial charge >= 0.3 is 0 Å². The number of rotatable bonds is 2. The zero-order valence-electron chi connectivity index (χ0n) is 13.7. The zero-order chi connectivity index (χ0) is 17.7. The predicted molar refractivity (Wildman–Crippen MR) is 111 cm³/mol. The normalized spacial score (nSPS) is 12.1. The zero-order valence-corrected chi connectivity index (χ0v) is 16.8. The molecule has 1 aliphatic carbocycles. The molecule has 5 rings (SSSR count). The van der Waals surface area contributed by atoms with Crippen LogP contribution in [0.3, 0.4) is 0 Å². The van der Waals surface area contributed by atoms with Crippen molar-refractivity contribution in [3.05, 3.63) is 87.0 Å². The molecule has 0 N–H and O–H groups in total. The summed E-state index contributed by atoms with van der Waals surface area (Å²) in [5, 5.41) is 0. The summed E-state index contributed by atoms with van der Waals surface area (Å²) in [6.07, 6.45) is 2.58. The third-order valence-corrected chi connectivity index (χ3v) is 5.94. The van der Waals surface area contributed by atoms with Crippen LogP contribution in [0.5, 0.6) is 0 Å². The lowest BCUT2D eigenvalue weighted by Crippen LogP contribution is -1.94. The highest BCUT2D eigenvalue weighted by Crippen LogP contribution is 2.44. The second-order valence-electron chi connectivity index (χ2n) is 6.32. The Labute approximate surface area is 168 Å². The van der Waals surface area contributed by atoms with Gasteiger partial charge in [0.2, 0.25) is 0 Å². The van der Waals surface area contributed by atoms with Gasteiger partial charge in [0.05, 0.1) is 12.0 Å². The third-order valence-electron chi connectivity index (χ3n) is 4.76. The van der Waals surface area contributed by atoms with Crippen LogP contribution in [0, 0.1) is 0 Å². The maximum absolute atomic E-state index is 5.63. The number of aromatic nitrogens is 1. The summed E-state index contributed by atoms with van der Waals surface area (Å²) < 4.78 is 7.75. The first-order valence-electron chi connectivity index (χ1n) is 8.32. The van der Waals surface area contributed by atoms with Crippen LogP contribution in [0.1, 0.15) is 11.1 Å². The summed E-state index contributed by atoms with van der Waals surface area (Å²) in [5.41, 5.74) is 8.04. The quantitative estimate of drug-likeness (QED) is 0.277. The van der Waals surface area contributed by atoms with Gasteiger partial charge in [-0.15, -0.1) is 0 Å². The van der Waals surface area contributed by atoms with Crippen molar-refractivity contribution in [2.24, 2.45) is 0 Å². The van der Waals surface area contributed by atoms with Crippen LogP contribution in [0.2, 0.25) is 0 Å². The lowest BCUT2D eigenvalue weighted by molar-refractivity contribution is 0.580. The van der Waals surface area contributed by atoms with Crippen molar-refractivity contribution in [3.8, 4) is 33.8 Å². The topological polar surface area (TPSA) is 26.0 Å². The van der Waals surface area contributed by atoms with E-state index < -0.39 is 0 Å². The van der Waals surface area contributed by atoms with E-state index in [0.717, 1.165) is 38.1 Å². The standard InChI is InChI=1S/C22H13Br2NO/c23-14-7-8-19(24)17(11-14)16-12-20(21-6-3-9-26-21)25-22-15-5-2-1-4-13(15)10-18(16)22/h1-9,11-12H,10H2. The predicted octanol–water partition coefficient (Wildman–Crippen LogP) is 7.10. The third kappa shape index (κ3) is 2.56. The van der Waals surface area contributed by atoms with Gasteiger partial charge in [-0.2, -0.15) is 0 Å². The summed E-state index contributed by atoms with van der Waals surface area (Å²) >= 11 is 7.32. The number of hydrogen-bond acceptors (Lipinski definition) is 2. The van der Waals surface area contributed by atoms with Gasteiger partial charge in [-0.25, -0.2) is 4.98 Å². The van der Waals surface area contributed by atoms with Crippen LogP contribution in [0.4, 0.5) is 0 Å². The van der Waals surface area contributed by atoms with Crippen molar-refractivity contribution in [1.82, 2.24) is 4.98 Å². The summed E-state index contributed by atoms with van der Waals surface area (Å²) in [4.78, 5) is 4.95. The van der Waals surface area contributed by atoms with Gasteiger partial charge in [-0.3, -0.25) is 0 Å². The maximum Gasteiger partial charge on any atom is 0.152 e. The lowest BCUT2D eigenvalue weighted by Gasteiger charge is -2.13. The van der Waals surface area contributed by atoms with Gasteiger partial charge in [0.25, 0.3) is 0 Å². The molecule has 2 aromatic heterocycles. The van der Waals surface area contributed by atoms with Gasteiger partial charge in [0.15, 0.2) is 5.76 Å². The van der Waals surface area contributed by atoms with Crippen LogP contribution < -0.4 is 0 Å². The lowest BCUT2D eigenvalue weighted by atomic mass is 9.97. The molecule has 0 atom stereocenters. The van der Waals surface area contributed by atoms with E-state index in [9.17, 15) is 0 Å². The van der Waals surface area contributed by atoms with Crippen LogP contribution in [-0.4, -0.2) is 4.98 Å². The SMILES string of the molecule is Brc1ccc(Br)c(-c2cc(-c3ccco3)nc3c2Cc2ccccc2-3)c1. The highest BCUT2D eigenvalue weighted by atomic mass is 79.9. The molecule has 1 aliphatic rings. The molecule has 0 fully saturated rings. The molecule has 2 aromatic carbocycles. The van der Waals surface area contributed by atoms with Crippen molar-refractivity contribution in [2.45, 2.75) is 6.42 Å². The second kappa shape index (κ2) is 6.22. The fraction of sp³-hybridized carbons (Fsp3) is 0.0455. The molecule has 0 amide bonds. The first-order chi connectivity index (χ1) is 12.7. The van der Waals surface area contributed by atoms with E-state index in [0.29, 0.717) is 0 Å². The van der Waals surface area contributed by atoms with Gasteiger partial charge in [0.1, 0.15) is 5.69 Å². The Balaban J connectivity index is 1.83. The van der Waals surface area contributed by atoms with Gasteiger partial charge in [-0.05, 0) is 58.7 Å².